The molecule has 0 amide bonds. The molecule has 0 saturated carbocycles. The number of fused-ring (bicyclic) bond motifs is 2. The Balaban J connectivity index is 1.82. The van der Waals surface area contributed by atoms with Crippen LogP contribution in [0.2, 0.25) is 0 Å². The van der Waals surface area contributed by atoms with Gasteiger partial charge in [-0.3, -0.25) is 4.79 Å². The second-order valence-electron chi connectivity index (χ2n) is 6.58. The third-order valence-corrected chi connectivity index (χ3v) is 4.22. The number of H-pyrrole nitrogens is 1. The van der Waals surface area contributed by atoms with Crippen molar-refractivity contribution < 1.29 is 9.53 Å². The number of Topliss-reactive ketones (excluding diaryl/α,β-unsaturated/α-hetero) is 1. The van der Waals surface area contributed by atoms with Gasteiger partial charge < -0.3 is 15.0 Å². The van der Waals surface area contributed by atoms with E-state index < -0.39 is 5.60 Å². The molecule has 0 aliphatic carbocycles. The lowest BCUT2D eigenvalue weighted by molar-refractivity contribution is 0.0620. The van der Waals surface area contributed by atoms with E-state index in [0.717, 1.165) is 22.2 Å². The summed E-state index contributed by atoms with van der Waals surface area (Å²) in [6.07, 6.45) is 4.08. The van der Waals surface area contributed by atoms with Crippen LogP contribution >= 0.6 is 0 Å². The number of nitrogens with one attached hydrogen (secondary N) is 2. The van der Waals surface area contributed by atoms with Crippen molar-refractivity contribution >= 4 is 22.8 Å². The summed E-state index contributed by atoms with van der Waals surface area (Å²) in [4.78, 5) is 24.1. The molecular formula is C18H18N4O2. The van der Waals surface area contributed by atoms with Gasteiger partial charge in [0.05, 0.1) is 12.0 Å². The highest BCUT2D eigenvalue weighted by Gasteiger charge is 2.32. The molecule has 1 aliphatic rings. The van der Waals surface area contributed by atoms with E-state index in [0.29, 0.717) is 23.7 Å². The average molecular weight is 322 g/mol. The quantitative estimate of drug-likeness (QED) is 0.756. The van der Waals surface area contributed by atoms with Crippen LogP contribution in [0, 0.1) is 0 Å². The molecule has 4 rings (SSSR count). The molecule has 0 radical (unpaired) electrons. The third-order valence-electron chi connectivity index (χ3n) is 4.22. The Bertz CT molecular complexity index is 959. The summed E-state index contributed by atoms with van der Waals surface area (Å²) in [5.41, 5.74) is 2.88. The molecule has 0 fully saturated rings. The summed E-state index contributed by atoms with van der Waals surface area (Å²) in [5, 5.41) is 3.85. The zero-order valence-electron chi connectivity index (χ0n) is 13.8. The van der Waals surface area contributed by atoms with Gasteiger partial charge in [-0.15, -0.1) is 0 Å². The van der Waals surface area contributed by atoms with Crippen LogP contribution in [-0.2, 0) is 0 Å². The van der Waals surface area contributed by atoms with Crippen molar-refractivity contribution in [3.63, 3.8) is 0 Å². The van der Waals surface area contributed by atoms with E-state index >= 15 is 0 Å². The van der Waals surface area contributed by atoms with Crippen molar-refractivity contribution in [3.8, 4) is 16.9 Å². The van der Waals surface area contributed by atoms with Gasteiger partial charge in [-0.25, -0.2) is 4.98 Å². The Morgan fingerprint density at radius 3 is 2.92 bits per heavy atom. The highest BCUT2D eigenvalue weighted by atomic mass is 16.5. The van der Waals surface area contributed by atoms with E-state index in [2.05, 4.69) is 20.3 Å². The van der Waals surface area contributed by atoms with Crippen molar-refractivity contribution in [1.82, 2.24) is 15.0 Å². The van der Waals surface area contributed by atoms with Crippen LogP contribution < -0.4 is 10.1 Å². The van der Waals surface area contributed by atoms with Crippen LogP contribution in [0.15, 0.2) is 30.6 Å². The summed E-state index contributed by atoms with van der Waals surface area (Å²) in [6, 6.07) is 5.69. The van der Waals surface area contributed by atoms with Crippen molar-refractivity contribution in [2.24, 2.45) is 0 Å². The predicted molar refractivity (Wildman–Crippen MR) is 92.5 cm³/mol. The first-order valence-corrected chi connectivity index (χ1v) is 7.85. The second-order valence-corrected chi connectivity index (χ2v) is 6.58. The number of aromatic amines is 1. The lowest BCUT2D eigenvalue weighted by atomic mass is 9.91. The largest absolute Gasteiger partial charge is 0.487 e. The van der Waals surface area contributed by atoms with Gasteiger partial charge >= 0.3 is 0 Å². The standard InChI is InChI=1S/C18H18N4O2/c1-18(2)7-14(23)11-5-4-10(6-15(11)24-18)12-8-20-16-13(12)9-21-17(19-3)22-16/h4-6,8-9H,7H2,1-3H3,(H2,19,20,21,22). The normalized spacial score (nSPS) is 15.9. The molecule has 0 atom stereocenters. The van der Waals surface area contributed by atoms with Gasteiger partial charge in [0.25, 0.3) is 0 Å². The van der Waals surface area contributed by atoms with Gasteiger partial charge in [-0.1, -0.05) is 6.07 Å². The summed E-state index contributed by atoms with van der Waals surface area (Å²) in [7, 11) is 1.78. The molecule has 3 aromatic rings. The number of ether oxygens (including phenoxy) is 1. The number of hydrogen-bond donors (Lipinski definition) is 2. The number of carbonyl (C=O) groups is 1. The topological polar surface area (TPSA) is 79.9 Å². The van der Waals surface area contributed by atoms with Gasteiger partial charge in [-0.05, 0) is 31.5 Å². The maximum atomic E-state index is 12.3. The molecule has 3 heterocycles. The molecule has 6 nitrogen and oxygen atoms in total. The molecule has 122 valence electrons. The summed E-state index contributed by atoms with van der Waals surface area (Å²) >= 11 is 0. The Morgan fingerprint density at radius 1 is 1.29 bits per heavy atom. The van der Waals surface area contributed by atoms with Crippen LogP contribution in [-0.4, -0.2) is 33.4 Å². The lowest BCUT2D eigenvalue weighted by Gasteiger charge is -2.31. The number of nitrogens with zero attached hydrogens (tertiary/aromatic N) is 2. The van der Waals surface area contributed by atoms with Crippen LogP contribution in [0.5, 0.6) is 5.75 Å². The van der Waals surface area contributed by atoms with E-state index in [1.165, 1.54) is 0 Å². The number of anilines is 1. The molecule has 24 heavy (non-hydrogen) atoms. The van der Waals surface area contributed by atoms with Gasteiger partial charge in [-0.2, -0.15) is 4.98 Å². The highest BCUT2D eigenvalue weighted by molar-refractivity contribution is 6.02. The number of aromatic nitrogens is 3. The fourth-order valence-corrected chi connectivity index (χ4v) is 3.09. The zero-order valence-corrected chi connectivity index (χ0v) is 13.8. The number of ketones is 1. The summed E-state index contributed by atoms with van der Waals surface area (Å²) in [5.74, 6) is 1.32. The van der Waals surface area contributed by atoms with Crippen LogP contribution in [0.3, 0.4) is 0 Å². The Hall–Kier alpha value is -2.89. The number of benzene rings is 1. The van der Waals surface area contributed by atoms with Crippen molar-refractivity contribution in [2.75, 3.05) is 12.4 Å². The molecule has 1 aliphatic heterocycles. The SMILES string of the molecule is CNc1ncc2c(-c3ccc4c(c3)OC(C)(C)CC4=O)c[nH]c2n1. The highest BCUT2D eigenvalue weighted by Crippen LogP contribution is 2.37. The molecule has 0 saturated heterocycles. The Morgan fingerprint density at radius 2 is 2.12 bits per heavy atom. The first-order valence-electron chi connectivity index (χ1n) is 7.85. The Kier molecular flexibility index (Phi) is 3.09. The summed E-state index contributed by atoms with van der Waals surface area (Å²) in [6.45, 7) is 3.86. The minimum Gasteiger partial charge on any atom is -0.487 e. The van der Waals surface area contributed by atoms with Crippen LogP contribution in [0.1, 0.15) is 30.6 Å². The van der Waals surface area contributed by atoms with E-state index in [1.807, 2.05) is 38.2 Å². The molecule has 1 aromatic carbocycles. The molecule has 0 spiro atoms. The van der Waals surface area contributed by atoms with E-state index in [9.17, 15) is 4.79 Å². The van der Waals surface area contributed by atoms with Crippen molar-refractivity contribution in [2.45, 2.75) is 25.9 Å². The van der Waals surface area contributed by atoms with Gasteiger partial charge in [0.2, 0.25) is 5.95 Å². The number of carbonyl (C=O) groups excluding carboxylic acids is 1. The number of hydrogen-bond acceptors (Lipinski definition) is 5. The smallest absolute Gasteiger partial charge is 0.224 e. The molecule has 0 unspecified atom stereocenters. The average Bonchev–Trinajstić information content (AvgIpc) is 2.96. The van der Waals surface area contributed by atoms with Gasteiger partial charge in [0.1, 0.15) is 17.0 Å². The fourth-order valence-electron chi connectivity index (χ4n) is 3.09. The monoisotopic (exact) mass is 322 g/mol. The lowest BCUT2D eigenvalue weighted by Crippen LogP contribution is -2.35. The van der Waals surface area contributed by atoms with E-state index in [4.69, 9.17) is 4.74 Å². The fraction of sp³-hybridized carbons (Fsp3) is 0.278. The van der Waals surface area contributed by atoms with Crippen molar-refractivity contribution in [1.29, 1.82) is 0 Å². The number of rotatable bonds is 2. The second kappa shape index (κ2) is 5.06. The first kappa shape index (κ1) is 14.7. The van der Waals surface area contributed by atoms with Crippen LogP contribution in [0.25, 0.3) is 22.2 Å². The zero-order chi connectivity index (χ0) is 16.9. The van der Waals surface area contributed by atoms with Gasteiger partial charge in [0, 0.05) is 30.4 Å². The minimum atomic E-state index is -0.478. The Labute approximate surface area is 139 Å². The summed E-state index contributed by atoms with van der Waals surface area (Å²) < 4.78 is 6.00. The molecular weight excluding hydrogens is 304 g/mol. The maximum absolute atomic E-state index is 12.3. The third kappa shape index (κ3) is 2.31. The predicted octanol–water partition coefficient (Wildman–Crippen LogP) is 3.41. The minimum absolute atomic E-state index is 0.119. The van der Waals surface area contributed by atoms with Crippen molar-refractivity contribution in [3.05, 3.63) is 36.2 Å². The first-order chi connectivity index (χ1) is 11.5. The molecule has 6 heteroatoms. The van der Waals surface area contributed by atoms with E-state index in [1.54, 1.807) is 13.2 Å². The van der Waals surface area contributed by atoms with E-state index in [-0.39, 0.29) is 5.78 Å². The molecule has 2 aromatic heterocycles. The van der Waals surface area contributed by atoms with Crippen LogP contribution in [0.4, 0.5) is 5.95 Å². The van der Waals surface area contributed by atoms with Gasteiger partial charge in [0.15, 0.2) is 5.78 Å². The maximum Gasteiger partial charge on any atom is 0.224 e. The molecule has 0 bridgehead atoms. The molecule has 2 N–H and O–H groups in total.